The lowest BCUT2D eigenvalue weighted by atomic mass is 9.96. The summed E-state index contributed by atoms with van der Waals surface area (Å²) in [5.41, 5.74) is 7.41. The predicted molar refractivity (Wildman–Crippen MR) is 190 cm³/mol. The molecule has 3 aromatic heterocycles. The smallest absolute Gasteiger partial charge is 0.160 e. The fourth-order valence-corrected chi connectivity index (χ4v) is 8.55. The van der Waals surface area contributed by atoms with Gasteiger partial charge in [-0.2, -0.15) is 0 Å². The highest BCUT2D eigenvalue weighted by Gasteiger charge is 2.17. The molecule has 0 saturated carbocycles. The molecule has 9 rings (SSSR count). The Balaban J connectivity index is 1.32. The van der Waals surface area contributed by atoms with Gasteiger partial charge in [-0.3, -0.25) is 0 Å². The first kappa shape index (κ1) is 25.3. The van der Waals surface area contributed by atoms with E-state index >= 15 is 0 Å². The Morgan fingerprint density at radius 1 is 0.364 bits per heavy atom. The minimum atomic E-state index is 0.732. The van der Waals surface area contributed by atoms with E-state index in [2.05, 4.69) is 146 Å². The Morgan fingerprint density at radius 2 is 0.955 bits per heavy atom. The fourth-order valence-electron chi connectivity index (χ4n) is 6.24. The van der Waals surface area contributed by atoms with Crippen molar-refractivity contribution < 1.29 is 0 Å². The highest BCUT2D eigenvalue weighted by molar-refractivity contribution is 7.26. The molecule has 4 heteroatoms. The summed E-state index contributed by atoms with van der Waals surface area (Å²) < 4.78 is 5.10. The van der Waals surface area contributed by atoms with Crippen molar-refractivity contribution in [2.75, 3.05) is 0 Å². The molecule has 0 unspecified atom stereocenters. The first-order valence-electron chi connectivity index (χ1n) is 14.7. The number of nitrogens with zero attached hydrogens (tertiary/aromatic N) is 2. The molecule has 2 nitrogen and oxygen atoms in total. The van der Waals surface area contributed by atoms with Gasteiger partial charge in [0.1, 0.15) is 0 Å². The summed E-state index contributed by atoms with van der Waals surface area (Å²) in [5, 5.41) is 5.07. The molecule has 0 saturated heterocycles. The predicted octanol–water partition coefficient (Wildman–Crippen LogP) is 11.9. The van der Waals surface area contributed by atoms with Crippen molar-refractivity contribution in [1.82, 2.24) is 9.97 Å². The van der Waals surface area contributed by atoms with Crippen LogP contribution in [0.15, 0.2) is 146 Å². The molecular weight excluding hydrogens is 573 g/mol. The molecule has 0 bridgehead atoms. The zero-order chi connectivity index (χ0) is 29.0. The van der Waals surface area contributed by atoms with Crippen LogP contribution in [0.5, 0.6) is 0 Å². The van der Waals surface area contributed by atoms with E-state index in [1.54, 1.807) is 0 Å². The second-order valence-electron chi connectivity index (χ2n) is 11.0. The molecule has 0 aliphatic heterocycles. The molecule has 0 fully saturated rings. The minimum Gasteiger partial charge on any atom is -0.228 e. The van der Waals surface area contributed by atoms with Gasteiger partial charge in [0.05, 0.1) is 11.4 Å². The first-order chi connectivity index (χ1) is 21.8. The van der Waals surface area contributed by atoms with Crippen LogP contribution in [-0.2, 0) is 0 Å². The third kappa shape index (κ3) is 4.15. The molecule has 0 amide bonds. The lowest BCUT2D eigenvalue weighted by molar-refractivity contribution is 1.19. The maximum absolute atomic E-state index is 5.29. The molecule has 0 aliphatic rings. The van der Waals surface area contributed by atoms with Crippen LogP contribution in [0.1, 0.15) is 0 Å². The highest BCUT2D eigenvalue weighted by atomic mass is 32.1. The molecule has 3 heterocycles. The van der Waals surface area contributed by atoms with Crippen LogP contribution < -0.4 is 0 Å². The van der Waals surface area contributed by atoms with E-state index in [-0.39, 0.29) is 0 Å². The van der Waals surface area contributed by atoms with Crippen LogP contribution in [0.25, 0.3) is 85.4 Å². The Kier molecular flexibility index (Phi) is 5.90. The molecular formula is C40H24N2S2. The van der Waals surface area contributed by atoms with Crippen molar-refractivity contribution in [2.24, 2.45) is 0 Å². The summed E-state index contributed by atoms with van der Waals surface area (Å²) in [6, 6.07) is 51.8. The number of benzene rings is 6. The van der Waals surface area contributed by atoms with E-state index in [9.17, 15) is 0 Å². The van der Waals surface area contributed by atoms with E-state index in [0.717, 1.165) is 39.5 Å². The normalized spacial score (nSPS) is 11.6. The van der Waals surface area contributed by atoms with Gasteiger partial charge in [-0.25, -0.2) is 9.97 Å². The van der Waals surface area contributed by atoms with Gasteiger partial charge in [0.25, 0.3) is 0 Å². The monoisotopic (exact) mass is 596 g/mol. The van der Waals surface area contributed by atoms with Crippen molar-refractivity contribution in [1.29, 1.82) is 0 Å². The molecule has 0 N–H and O–H groups in total. The molecule has 0 radical (unpaired) electrons. The van der Waals surface area contributed by atoms with Crippen LogP contribution in [0.2, 0.25) is 0 Å². The quantitative estimate of drug-likeness (QED) is 0.202. The van der Waals surface area contributed by atoms with Crippen LogP contribution in [0.3, 0.4) is 0 Å². The summed E-state index contributed by atoms with van der Waals surface area (Å²) >= 11 is 3.66. The van der Waals surface area contributed by atoms with Gasteiger partial charge < -0.3 is 0 Å². The summed E-state index contributed by atoms with van der Waals surface area (Å²) in [6.07, 6.45) is 0. The zero-order valence-corrected chi connectivity index (χ0v) is 25.2. The Labute approximate surface area is 262 Å². The maximum Gasteiger partial charge on any atom is 0.160 e. The lowest BCUT2D eigenvalue weighted by Crippen LogP contribution is -1.97. The average Bonchev–Trinajstić information content (AvgIpc) is 3.66. The Hall–Kier alpha value is -5.16. The molecule has 9 aromatic rings. The third-order valence-electron chi connectivity index (χ3n) is 8.33. The number of hydrogen-bond acceptors (Lipinski definition) is 4. The van der Waals surface area contributed by atoms with Gasteiger partial charge in [0.2, 0.25) is 0 Å². The highest BCUT2D eigenvalue weighted by Crippen LogP contribution is 2.42. The topological polar surface area (TPSA) is 25.8 Å². The molecule has 0 aliphatic carbocycles. The van der Waals surface area contributed by atoms with E-state index < -0.39 is 0 Å². The minimum absolute atomic E-state index is 0.732. The standard InChI is InChI=1S/C40H24N2S2/c1-2-11-25(12-3-1)27-13-4-5-14-28(27)34-24-35(32-18-10-17-31-29-15-6-9-20-37(29)44-39(31)32)42-40(41-34)26-21-22-38-33(23-26)30-16-7-8-19-36(30)43-38/h1-24H. The van der Waals surface area contributed by atoms with Crippen LogP contribution in [-0.4, -0.2) is 9.97 Å². The SMILES string of the molecule is c1ccc(-c2ccccc2-c2cc(-c3cccc4c3sc3ccccc34)nc(-c3ccc4sc5ccccc5c4c3)n2)cc1. The lowest BCUT2D eigenvalue weighted by Gasteiger charge is -2.13. The van der Waals surface area contributed by atoms with Crippen molar-refractivity contribution in [3.05, 3.63) is 146 Å². The largest absolute Gasteiger partial charge is 0.228 e. The van der Waals surface area contributed by atoms with E-state index in [1.807, 2.05) is 22.7 Å². The summed E-state index contributed by atoms with van der Waals surface area (Å²) in [5.74, 6) is 0.732. The van der Waals surface area contributed by atoms with Crippen molar-refractivity contribution in [3.8, 4) is 45.0 Å². The van der Waals surface area contributed by atoms with Crippen molar-refractivity contribution >= 4 is 63.0 Å². The van der Waals surface area contributed by atoms with Gasteiger partial charge >= 0.3 is 0 Å². The maximum atomic E-state index is 5.29. The second-order valence-corrected chi connectivity index (χ2v) is 13.1. The van der Waals surface area contributed by atoms with Crippen LogP contribution in [0, 0.1) is 0 Å². The number of rotatable bonds is 4. The number of hydrogen-bond donors (Lipinski definition) is 0. The molecule has 0 spiro atoms. The number of aromatic nitrogens is 2. The van der Waals surface area contributed by atoms with Gasteiger partial charge in [-0.05, 0) is 47.5 Å². The second kappa shape index (κ2) is 10.2. The molecule has 0 atom stereocenters. The summed E-state index contributed by atoms with van der Waals surface area (Å²) in [6.45, 7) is 0. The van der Waals surface area contributed by atoms with Crippen LogP contribution in [0.4, 0.5) is 0 Å². The third-order valence-corrected chi connectivity index (χ3v) is 10.7. The van der Waals surface area contributed by atoms with Crippen molar-refractivity contribution in [2.45, 2.75) is 0 Å². The van der Waals surface area contributed by atoms with Gasteiger partial charge in [0, 0.05) is 57.0 Å². The van der Waals surface area contributed by atoms with Gasteiger partial charge in [-0.15, -0.1) is 22.7 Å². The summed E-state index contributed by atoms with van der Waals surface area (Å²) in [7, 11) is 0. The van der Waals surface area contributed by atoms with Gasteiger partial charge in [0.15, 0.2) is 5.82 Å². The Morgan fingerprint density at radius 3 is 1.77 bits per heavy atom. The fraction of sp³-hybridized carbons (Fsp3) is 0. The number of fused-ring (bicyclic) bond motifs is 6. The summed E-state index contributed by atoms with van der Waals surface area (Å²) in [4.78, 5) is 10.6. The number of thiophene rings is 2. The zero-order valence-electron chi connectivity index (χ0n) is 23.6. The van der Waals surface area contributed by atoms with E-state index in [0.29, 0.717) is 0 Å². The van der Waals surface area contributed by atoms with Gasteiger partial charge in [-0.1, -0.05) is 109 Å². The molecule has 6 aromatic carbocycles. The molecule has 44 heavy (non-hydrogen) atoms. The first-order valence-corrected chi connectivity index (χ1v) is 16.3. The van der Waals surface area contributed by atoms with Crippen molar-refractivity contribution in [3.63, 3.8) is 0 Å². The van der Waals surface area contributed by atoms with E-state index in [1.165, 1.54) is 45.9 Å². The Bertz CT molecular complexity index is 2510. The molecule has 206 valence electrons. The average molecular weight is 597 g/mol. The van der Waals surface area contributed by atoms with E-state index in [4.69, 9.17) is 9.97 Å². The van der Waals surface area contributed by atoms with Crippen LogP contribution >= 0.6 is 22.7 Å².